The molecule has 5 aromatic rings. The van der Waals surface area contributed by atoms with E-state index in [4.69, 9.17) is 0 Å². The Morgan fingerprint density at radius 2 is 0.914 bits per heavy atom. The molecule has 316 valence electrons. The molecule has 2 aliphatic heterocycles. The first-order valence-electron chi connectivity index (χ1n) is 22.4. The molecule has 0 amide bonds. The molecule has 8 rings (SSSR count). The molecule has 0 bridgehead atoms. The second-order valence-corrected chi connectivity index (χ2v) is 16.8. The second kappa shape index (κ2) is 30.8. The molecule has 0 unspecified atom stereocenters. The Kier molecular flexibility index (Phi) is 26.5. The number of anilines is 1. The van der Waals surface area contributed by atoms with E-state index >= 15 is 0 Å². The molecule has 3 nitrogen and oxygen atoms in total. The van der Waals surface area contributed by atoms with Crippen molar-refractivity contribution in [2.24, 2.45) is 5.92 Å². The SMILES string of the molecule is CC1CCCCC1.CN1CCCCC1.Cc1ccc(N2CCCCC2)cc1.Cc1cccc(C)c1.Cc1cccc(C)c1C.Cc1ccccc1.Cc1ccccn1. The topological polar surface area (TPSA) is 19.4 Å². The van der Waals surface area contributed by atoms with E-state index in [1.807, 2.05) is 43.3 Å². The van der Waals surface area contributed by atoms with Gasteiger partial charge in [0.2, 0.25) is 0 Å². The highest BCUT2D eigenvalue weighted by atomic mass is 15.1. The maximum absolute atomic E-state index is 3.98. The third-order valence-electron chi connectivity index (χ3n) is 11.0. The molecule has 3 heteroatoms. The van der Waals surface area contributed by atoms with E-state index in [1.54, 1.807) is 6.20 Å². The van der Waals surface area contributed by atoms with Crippen LogP contribution in [0.3, 0.4) is 0 Å². The van der Waals surface area contributed by atoms with Crippen molar-refractivity contribution in [2.45, 2.75) is 133 Å². The molecule has 0 spiro atoms. The van der Waals surface area contributed by atoms with Gasteiger partial charge < -0.3 is 9.80 Å². The van der Waals surface area contributed by atoms with Crippen LogP contribution in [0, 0.1) is 61.3 Å². The van der Waals surface area contributed by atoms with Crippen molar-refractivity contribution in [1.29, 1.82) is 0 Å². The van der Waals surface area contributed by atoms with Gasteiger partial charge in [0.1, 0.15) is 0 Å². The summed E-state index contributed by atoms with van der Waals surface area (Å²) in [5, 5.41) is 0. The minimum atomic E-state index is 1.04. The summed E-state index contributed by atoms with van der Waals surface area (Å²) in [7, 11) is 2.19. The largest absolute Gasteiger partial charge is 0.372 e. The maximum Gasteiger partial charge on any atom is 0.0372 e. The number of benzene rings is 4. The Labute approximate surface area is 357 Å². The zero-order valence-corrected chi connectivity index (χ0v) is 38.6. The summed E-state index contributed by atoms with van der Waals surface area (Å²) in [5.74, 6) is 1.04. The van der Waals surface area contributed by atoms with Crippen LogP contribution in [-0.4, -0.2) is 43.1 Å². The standard InChI is InChI=1S/C12H17N.C9H12.C8H10.C7H14.C7H8.C6H13N.C6H7N/c1-11-5-7-12(8-6-11)13-9-3-2-4-10-13;1-7-5-4-6-8(2)9(7)3;1-7-4-3-5-8(2)6-7;3*1-7-5-3-2-4-6-7;1-6-4-2-3-5-7-6/h5-8H,2-4,9-10H2,1H3;4-6H,1-3H3;3-6H,1-2H3;7H,2-6H2,1H3;2-6H,1H3;2-6H2,1H3;2-5H,1H3. The van der Waals surface area contributed by atoms with Crippen molar-refractivity contribution < 1.29 is 0 Å². The molecule has 3 fully saturated rings. The van der Waals surface area contributed by atoms with Gasteiger partial charge in [-0.05, 0) is 155 Å². The molecule has 0 atom stereocenters. The van der Waals surface area contributed by atoms with Crippen LogP contribution < -0.4 is 4.90 Å². The predicted molar refractivity (Wildman–Crippen MR) is 258 cm³/mol. The Morgan fingerprint density at radius 1 is 0.448 bits per heavy atom. The maximum atomic E-state index is 3.98. The van der Waals surface area contributed by atoms with Crippen LogP contribution in [0.1, 0.15) is 122 Å². The van der Waals surface area contributed by atoms with Crippen molar-refractivity contribution >= 4 is 5.69 Å². The van der Waals surface area contributed by atoms with E-state index < -0.39 is 0 Å². The minimum Gasteiger partial charge on any atom is -0.372 e. The number of hydrogen-bond donors (Lipinski definition) is 0. The zero-order chi connectivity index (χ0) is 42.4. The lowest BCUT2D eigenvalue weighted by atomic mass is 9.91. The van der Waals surface area contributed by atoms with Gasteiger partial charge in [-0.2, -0.15) is 0 Å². The Morgan fingerprint density at radius 3 is 1.26 bits per heavy atom. The van der Waals surface area contributed by atoms with E-state index in [2.05, 4.69) is 156 Å². The van der Waals surface area contributed by atoms with Crippen molar-refractivity contribution in [3.63, 3.8) is 0 Å². The van der Waals surface area contributed by atoms with Gasteiger partial charge in [0.15, 0.2) is 0 Å². The highest BCUT2D eigenvalue weighted by Gasteiger charge is 2.10. The summed E-state index contributed by atoms with van der Waals surface area (Å²) in [6.07, 6.45) is 17.6. The van der Waals surface area contributed by atoms with E-state index in [0.717, 1.165) is 11.6 Å². The van der Waals surface area contributed by atoms with E-state index in [9.17, 15) is 0 Å². The van der Waals surface area contributed by atoms with Crippen LogP contribution in [-0.2, 0) is 0 Å². The fourth-order valence-electron chi connectivity index (χ4n) is 6.95. The fraction of sp³-hybridized carbons (Fsp3) is 0.473. The average molecular weight is 784 g/mol. The first-order valence-corrected chi connectivity index (χ1v) is 22.4. The van der Waals surface area contributed by atoms with Crippen LogP contribution in [0.4, 0.5) is 5.69 Å². The second-order valence-electron chi connectivity index (χ2n) is 16.8. The van der Waals surface area contributed by atoms with Crippen LogP contribution >= 0.6 is 0 Å². The third-order valence-corrected chi connectivity index (χ3v) is 11.0. The number of aryl methyl sites for hydroxylation is 7. The van der Waals surface area contributed by atoms with Crippen LogP contribution in [0.5, 0.6) is 0 Å². The summed E-state index contributed by atoms with van der Waals surface area (Å²) in [6, 6.07) is 39.8. The van der Waals surface area contributed by atoms with Crippen LogP contribution in [0.15, 0.2) is 121 Å². The van der Waals surface area contributed by atoms with Gasteiger partial charge in [0, 0.05) is 30.7 Å². The van der Waals surface area contributed by atoms with Gasteiger partial charge in [-0.15, -0.1) is 0 Å². The number of piperidine rings is 2. The van der Waals surface area contributed by atoms with Gasteiger partial charge in [0.25, 0.3) is 0 Å². The summed E-state index contributed by atoms with van der Waals surface area (Å²) in [4.78, 5) is 8.86. The van der Waals surface area contributed by atoms with Crippen molar-refractivity contribution in [2.75, 3.05) is 38.1 Å². The monoisotopic (exact) mass is 784 g/mol. The van der Waals surface area contributed by atoms with Crippen molar-refractivity contribution in [1.82, 2.24) is 9.88 Å². The minimum absolute atomic E-state index is 1.04. The van der Waals surface area contributed by atoms with Crippen LogP contribution in [0.2, 0.25) is 0 Å². The third kappa shape index (κ3) is 24.5. The lowest BCUT2D eigenvalue weighted by molar-refractivity contribution is 0.277. The number of nitrogens with zero attached hydrogens (tertiary/aromatic N) is 3. The summed E-state index contributed by atoms with van der Waals surface area (Å²) in [5.41, 5.74) is 12.0. The van der Waals surface area contributed by atoms with Gasteiger partial charge in [0.05, 0.1) is 0 Å². The summed E-state index contributed by atoms with van der Waals surface area (Å²) in [6.45, 7) is 24.3. The van der Waals surface area contributed by atoms with Gasteiger partial charge in [-0.25, -0.2) is 0 Å². The molecule has 4 aromatic carbocycles. The van der Waals surface area contributed by atoms with E-state index in [-0.39, 0.29) is 0 Å². The number of rotatable bonds is 1. The Hall–Kier alpha value is -4.21. The molecule has 0 radical (unpaired) electrons. The molecule has 0 N–H and O–H groups in total. The molecule has 58 heavy (non-hydrogen) atoms. The van der Waals surface area contributed by atoms with Crippen molar-refractivity contribution in [3.05, 3.63) is 166 Å². The molecule has 3 heterocycles. The fourth-order valence-corrected chi connectivity index (χ4v) is 6.95. The zero-order valence-electron chi connectivity index (χ0n) is 38.6. The summed E-state index contributed by atoms with van der Waals surface area (Å²) < 4.78 is 0. The first kappa shape index (κ1) is 49.9. The molecule has 3 aliphatic rings. The van der Waals surface area contributed by atoms with Gasteiger partial charge >= 0.3 is 0 Å². The first-order chi connectivity index (χ1) is 27.9. The van der Waals surface area contributed by atoms with Crippen LogP contribution in [0.25, 0.3) is 0 Å². The Bertz CT molecular complexity index is 1610. The molecule has 1 saturated carbocycles. The highest BCUT2D eigenvalue weighted by Crippen LogP contribution is 2.22. The van der Waals surface area contributed by atoms with Gasteiger partial charge in [-0.3, -0.25) is 4.98 Å². The normalized spacial score (nSPS) is 14.9. The number of hydrogen-bond acceptors (Lipinski definition) is 3. The lowest BCUT2D eigenvalue weighted by Crippen LogP contribution is -2.29. The highest BCUT2D eigenvalue weighted by molar-refractivity contribution is 5.47. The van der Waals surface area contributed by atoms with E-state index in [1.165, 1.54) is 141 Å². The van der Waals surface area contributed by atoms with E-state index in [0.29, 0.717) is 0 Å². The lowest BCUT2D eigenvalue weighted by Gasteiger charge is -2.28. The average Bonchev–Trinajstić information content (AvgIpc) is 3.23. The smallest absolute Gasteiger partial charge is 0.0372 e. The number of aromatic nitrogens is 1. The quantitative estimate of drug-likeness (QED) is 0.169. The molecule has 1 aromatic heterocycles. The molecule has 2 saturated heterocycles. The summed E-state index contributed by atoms with van der Waals surface area (Å²) >= 11 is 0. The predicted octanol–water partition coefficient (Wildman–Crippen LogP) is 15.0. The number of pyridine rings is 1. The number of likely N-dealkylation sites (tertiary alicyclic amines) is 1. The molecular weight excluding hydrogens is 703 g/mol. The van der Waals surface area contributed by atoms with Crippen molar-refractivity contribution in [3.8, 4) is 0 Å². The molecule has 1 aliphatic carbocycles. The Balaban J connectivity index is 0.000000237. The molecular formula is C55H81N3. The van der Waals surface area contributed by atoms with Gasteiger partial charge in [-0.1, -0.05) is 159 Å².